The van der Waals surface area contributed by atoms with Gasteiger partial charge in [-0.05, 0) is 31.8 Å². The minimum absolute atomic E-state index is 0.0263. The Bertz CT molecular complexity index is 430. The Morgan fingerprint density at radius 3 is 3.00 bits per heavy atom. The van der Waals surface area contributed by atoms with Gasteiger partial charge in [0.05, 0.1) is 11.2 Å². The molecule has 2 heterocycles. The van der Waals surface area contributed by atoms with E-state index in [4.69, 9.17) is 0 Å². The number of rotatable bonds is 4. The Kier molecular flexibility index (Phi) is 4.58. The number of hydrogen-bond acceptors (Lipinski definition) is 4. The summed E-state index contributed by atoms with van der Waals surface area (Å²) in [5.41, 5.74) is 2.58. The van der Waals surface area contributed by atoms with E-state index in [2.05, 4.69) is 36.4 Å². The highest BCUT2D eigenvalue weighted by atomic mass is 32.1. The van der Waals surface area contributed by atoms with Gasteiger partial charge >= 0.3 is 0 Å². The van der Waals surface area contributed by atoms with Gasteiger partial charge in [0.2, 0.25) is 0 Å². The van der Waals surface area contributed by atoms with Crippen LogP contribution in [0.15, 0.2) is 5.51 Å². The first-order valence-electron chi connectivity index (χ1n) is 6.91. The SMILES string of the molecule is CC(C)(C)c1ncsc1C(=O)NCCC1CCNC1. The molecular weight excluding hydrogens is 258 g/mol. The van der Waals surface area contributed by atoms with Gasteiger partial charge in [-0.3, -0.25) is 4.79 Å². The van der Waals surface area contributed by atoms with Gasteiger partial charge in [-0.1, -0.05) is 20.8 Å². The number of thiazole rings is 1. The molecule has 0 saturated carbocycles. The lowest BCUT2D eigenvalue weighted by Crippen LogP contribution is -2.28. The zero-order chi connectivity index (χ0) is 13.9. The van der Waals surface area contributed by atoms with E-state index in [9.17, 15) is 4.79 Å². The maximum Gasteiger partial charge on any atom is 0.263 e. The summed E-state index contributed by atoms with van der Waals surface area (Å²) in [7, 11) is 0. The summed E-state index contributed by atoms with van der Waals surface area (Å²) in [5, 5.41) is 6.37. The number of aromatic nitrogens is 1. The second-order valence-electron chi connectivity index (χ2n) is 6.18. The molecule has 0 spiro atoms. The van der Waals surface area contributed by atoms with Gasteiger partial charge in [0.1, 0.15) is 4.88 Å². The largest absolute Gasteiger partial charge is 0.351 e. The quantitative estimate of drug-likeness (QED) is 0.889. The van der Waals surface area contributed by atoms with Gasteiger partial charge in [0, 0.05) is 12.0 Å². The topological polar surface area (TPSA) is 54.0 Å². The highest BCUT2D eigenvalue weighted by molar-refractivity contribution is 7.11. The Balaban J connectivity index is 1.87. The molecule has 0 aromatic carbocycles. The van der Waals surface area contributed by atoms with Crippen molar-refractivity contribution in [1.29, 1.82) is 0 Å². The molecule has 2 rings (SSSR count). The van der Waals surface area contributed by atoms with Gasteiger partial charge in [-0.15, -0.1) is 11.3 Å². The highest BCUT2D eigenvalue weighted by Crippen LogP contribution is 2.27. The fourth-order valence-electron chi connectivity index (χ4n) is 2.37. The molecular formula is C14H23N3OS. The average molecular weight is 281 g/mol. The van der Waals surface area contributed by atoms with Crippen LogP contribution in [0.5, 0.6) is 0 Å². The number of nitrogens with zero attached hydrogens (tertiary/aromatic N) is 1. The van der Waals surface area contributed by atoms with Crippen molar-refractivity contribution in [2.75, 3.05) is 19.6 Å². The van der Waals surface area contributed by atoms with Crippen molar-refractivity contribution in [3.05, 3.63) is 16.1 Å². The van der Waals surface area contributed by atoms with Crippen LogP contribution in [-0.2, 0) is 5.41 Å². The predicted molar refractivity (Wildman–Crippen MR) is 78.7 cm³/mol. The molecule has 106 valence electrons. The van der Waals surface area contributed by atoms with E-state index in [1.807, 2.05) is 0 Å². The summed E-state index contributed by atoms with van der Waals surface area (Å²) in [5.74, 6) is 0.738. The van der Waals surface area contributed by atoms with Crippen LogP contribution in [0, 0.1) is 5.92 Å². The Morgan fingerprint density at radius 2 is 2.37 bits per heavy atom. The number of amides is 1. The highest BCUT2D eigenvalue weighted by Gasteiger charge is 2.24. The third-order valence-electron chi connectivity index (χ3n) is 3.48. The Morgan fingerprint density at radius 1 is 1.58 bits per heavy atom. The summed E-state index contributed by atoms with van der Waals surface area (Å²) < 4.78 is 0. The molecule has 1 unspecified atom stereocenters. The van der Waals surface area contributed by atoms with Crippen molar-refractivity contribution in [3.8, 4) is 0 Å². The molecule has 4 nitrogen and oxygen atoms in total. The van der Waals surface area contributed by atoms with Crippen molar-refractivity contribution < 1.29 is 4.79 Å². The monoisotopic (exact) mass is 281 g/mol. The first kappa shape index (κ1) is 14.5. The maximum atomic E-state index is 12.2. The molecule has 1 saturated heterocycles. The summed E-state index contributed by atoms with van der Waals surface area (Å²) in [4.78, 5) is 17.3. The first-order valence-corrected chi connectivity index (χ1v) is 7.79. The Hall–Kier alpha value is -0.940. The number of carbonyl (C=O) groups excluding carboxylic acids is 1. The predicted octanol–water partition coefficient (Wildman–Crippen LogP) is 2.17. The van der Waals surface area contributed by atoms with E-state index >= 15 is 0 Å². The first-order chi connectivity index (χ1) is 8.98. The van der Waals surface area contributed by atoms with Gasteiger partial charge in [-0.25, -0.2) is 4.98 Å². The van der Waals surface area contributed by atoms with Crippen LogP contribution in [-0.4, -0.2) is 30.5 Å². The van der Waals surface area contributed by atoms with Crippen molar-refractivity contribution >= 4 is 17.2 Å². The average Bonchev–Trinajstić information content (AvgIpc) is 2.98. The molecule has 1 amide bonds. The van der Waals surface area contributed by atoms with E-state index in [0.29, 0.717) is 5.92 Å². The molecule has 1 aromatic rings. The molecule has 0 radical (unpaired) electrons. The lowest BCUT2D eigenvalue weighted by atomic mass is 9.91. The molecule has 1 aliphatic heterocycles. The van der Waals surface area contributed by atoms with Crippen LogP contribution < -0.4 is 10.6 Å². The summed E-state index contributed by atoms with van der Waals surface area (Å²) >= 11 is 1.43. The molecule has 2 N–H and O–H groups in total. The minimum Gasteiger partial charge on any atom is -0.351 e. The van der Waals surface area contributed by atoms with E-state index in [1.54, 1.807) is 5.51 Å². The van der Waals surface area contributed by atoms with Crippen LogP contribution in [0.4, 0.5) is 0 Å². The van der Waals surface area contributed by atoms with Crippen molar-refractivity contribution in [2.45, 2.75) is 39.0 Å². The van der Waals surface area contributed by atoms with Crippen LogP contribution in [0.2, 0.25) is 0 Å². The number of nitrogens with one attached hydrogen (secondary N) is 2. The summed E-state index contributed by atoms with van der Waals surface area (Å²) in [6.07, 6.45) is 2.28. The minimum atomic E-state index is -0.0813. The fraction of sp³-hybridized carbons (Fsp3) is 0.714. The zero-order valence-corrected chi connectivity index (χ0v) is 12.8. The second kappa shape index (κ2) is 6.01. The van der Waals surface area contributed by atoms with Gasteiger partial charge in [0.25, 0.3) is 5.91 Å². The molecule has 19 heavy (non-hydrogen) atoms. The van der Waals surface area contributed by atoms with Crippen molar-refractivity contribution in [2.24, 2.45) is 5.92 Å². The number of carbonyl (C=O) groups is 1. The fourth-order valence-corrected chi connectivity index (χ4v) is 3.29. The third-order valence-corrected chi connectivity index (χ3v) is 4.31. The Labute approximate surface area is 119 Å². The lowest BCUT2D eigenvalue weighted by molar-refractivity contribution is 0.0953. The normalized spacial score (nSPS) is 19.6. The van der Waals surface area contributed by atoms with Gasteiger partial charge in [-0.2, -0.15) is 0 Å². The van der Waals surface area contributed by atoms with Crippen molar-refractivity contribution in [3.63, 3.8) is 0 Å². The molecule has 1 atom stereocenters. The van der Waals surface area contributed by atoms with Crippen LogP contribution in [0.25, 0.3) is 0 Å². The molecule has 0 aliphatic carbocycles. The summed E-state index contributed by atoms with van der Waals surface area (Å²) in [6, 6.07) is 0. The smallest absolute Gasteiger partial charge is 0.263 e. The molecule has 0 bridgehead atoms. The molecule has 5 heteroatoms. The van der Waals surface area contributed by atoms with Gasteiger partial charge < -0.3 is 10.6 Å². The van der Waals surface area contributed by atoms with Crippen LogP contribution >= 0.6 is 11.3 Å². The van der Waals surface area contributed by atoms with Crippen molar-refractivity contribution in [1.82, 2.24) is 15.6 Å². The van der Waals surface area contributed by atoms with E-state index in [-0.39, 0.29) is 11.3 Å². The van der Waals surface area contributed by atoms with Gasteiger partial charge in [0.15, 0.2) is 0 Å². The zero-order valence-electron chi connectivity index (χ0n) is 12.0. The maximum absolute atomic E-state index is 12.2. The standard InChI is InChI=1S/C14H23N3OS/c1-14(2,3)12-11(19-9-17-12)13(18)16-7-5-10-4-6-15-8-10/h9-10,15H,4-8H2,1-3H3,(H,16,18). The molecule has 1 aliphatic rings. The molecule has 1 fully saturated rings. The van der Waals surface area contributed by atoms with Crippen LogP contribution in [0.1, 0.15) is 49.0 Å². The third kappa shape index (κ3) is 3.76. The van der Waals surface area contributed by atoms with Crippen LogP contribution in [0.3, 0.4) is 0 Å². The van der Waals surface area contributed by atoms with E-state index in [0.717, 1.165) is 36.6 Å². The summed E-state index contributed by atoms with van der Waals surface area (Å²) in [6.45, 7) is 9.22. The van der Waals surface area contributed by atoms with E-state index < -0.39 is 0 Å². The van der Waals surface area contributed by atoms with E-state index in [1.165, 1.54) is 17.8 Å². The number of hydrogen-bond donors (Lipinski definition) is 2. The molecule has 1 aromatic heterocycles. The second-order valence-corrected chi connectivity index (χ2v) is 7.04. The lowest BCUT2D eigenvalue weighted by Gasteiger charge is -2.17.